The molecule has 2 fully saturated rings. The molecule has 1 nitrogen and oxygen atoms in total. The molecule has 2 rings (SSSR count). The van der Waals surface area contributed by atoms with E-state index in [1.165, 1.54) is 44.4 Å². The minimum atomic E-state index is 0.569. The third-order valence-corrected chi connectivity index (χ3v) is 5.28. The smallest absolute Gasteiger partial charge is 0.0172 e. The molecule has 2 atom stereocenters. The van der Waals surface area contributed by atoms with Gasteiger partial charge in [0.15, 0.2) is 0 Å². The molecule has 0 amide bonds. The SMILES string of the molecule is CC1(C)CCC1NCC1CCCCS1. The highest BCUT2D eigenvalue weighted by Crippen LogP contribution is 2.40. The second-order valence-corrected chi connectivity index (χ2v) is 6.88. The molecule has 1 saturated heterocycles. The monoisotopic (exact) mass is 213 g/mol. The lowest BCUT2D eigenvalue weighted by Gasteiger charge is -2.45. The van der Waals surface area contributed by atoms with E-state index in [2.05, 4.69) is 30.9 Å². The summed E-state index contributed by atoms with van der Waals surface area (Å²) in [5.74, 6) is 1.39. The number of hydrogen-bond donors (Lipinski definition) is 1. The number of rotatable bonds is 3. The van der Waals surface area contributed by atoms with Gasteiger partial charge in [-0.2, -0.15) is 11.8 Å². The number of hydrogen-bond acceptors (Lipinski definition) is 2. The van der Waals surface area contributed by atoms with Crippen molar-refractivity contribution in [3.63, 3.8) is 0 Å². The van der Waals surface area contributed by atoms with E-state index in [0.717, 1.165) is 11.3 Å². The summed E-state index contributed by atoms with van der Waals surface area (Å²) in [6, 6.07) is 0.796. The Kier molecular flexibility index (Phi) is 3.43. The maximum absolute atomic E-state index is 3.76. The summed E-state index contributed by atoms with van der Waals surface area (Å²) in [4.78, 5) is 0. The van der Waals surface area contributed by atoms with Gasteiger partial charge in [0.05, 0.1) is 0 Å². The predicted molar refractivity (Wildman–Crippen MR) is 64.9 cm³/mol. The van der Waals surface area contributed by atoms with Crippen molar-refractivity contribution in [3.8, 4) is 0 Å². The van der Waals surface area contributed by atoms with Crippen LogP contribution in [0, 0.1) is 5.41 Å². The molecule has 1 N–H and O–H groups in total. The summed E-state index contributed by atoms with van der Waals surface area (Å²) in [6.45, 7) is 6.03. The summed E-state index contributed by atoms with van der Waals surface area (Å²) >= 11 is 2.18. The van der Waals surface area contributed by atoms with Crippen molar-refractivity contribution in [1.82, 2.24) is 5.32 Å². The van der Waals surface area contributed by atoms with Crippen LogP contribution in [0.1, 0.15) is 46.0 Å². The largest absolute Gasteiger partial charge is 0.312 e. The van der Waals surface area contributed by atoms with Gasteiger partial charge in [-0.15, -0.1) is 0 Å². The van der Waals surface area contributed by atoms with Gasteiger partial charge in [0.2, 0.25) is 0 Å². The lowest BCUT2D eigenvalue weighted by Crippen LogP contribution is -2.51. The van der Waals surface area contributed by atoms with Gasteiger partial charge in [-0.25, -0.2) is 0 Å². The summed E-state index contributed by atoms with van der Waals surface area (Å²) < 4.78 is 0. The van der Waals surface area contributed by atoms with Crippen molar-refractivity contribution in [2.75, 3.05) is 12.3 Å². The normalized spacial score (nSPS) is 36.4. The van der Waals surface area contributed by atoms with Crippen LogP contribution in [0.25, 0.3) is 0 Å². The van der Waals surface area contributed by atoms with Crippen molar-refractivity contribution in [2.45, 2.75) is 57.2 Å². The first-order valence-electron chi connectivity index (χ1n) is 6.03. The van der Waals surface area contributed by atoms with E-state index in [0.29, 0.717) is 5.41 Å². The molecule has 0 aromatic heterocycles. The first kappa shape index (κ1) is 10.8. The molecular weight excluding hydrogens is 190 g/mol. The zero-order chi connectivity index (χ0) is 10.0. The zero-order valence-electron chi connectivity index (χ0n) is 9.51. The number of nitrogens with one attached hydrogen (secondary N) is 1. The molecule has 1 saturated carbocycles. The molecular formula is C12H23NS. The van der Waals surface area contributed by atoms with Gasteiger partial charge in [-0.05, 0) is 36.9 Å². The van der Waals surface area contributed by atoms with E-state index in [1.807, 2.05) is 0 Å². The van der Waals surface area contributed by atoms with E-state index in [4.69, 9.17) is 0 Å². The molecule has 1 aliphatic carbocycles. The summed E-state index contributed by atoms with van der Waals surface area (Å²) in [5.41, 5.74) is 0.569. The molecule has 0 aromatic rings. The Hall–Kier alpha value is 0.310. The van der Waals surface area contributed by atoms with E-state index in [1.54, 1.807) is 0 Å². The first-order chi connectivity index (χ1) is 6.68. The van der Waals surface area contributed by atoms with Gasteiger partial charge in [-0.3, -0.25) is 0 Å². The van der Waals surface area contributed by atoms with Crippen LogP contribution in [0.4, 0.5) is 0 Å². The summed E-state index contributed by atoms with van der Waals surface area (Å²) in [5, 5.41) is 4.66. The molecule has 2 unspecified atom stereocenters. The van der Waals surface area contributed by atoms with Gasteiger partial charge in [0.1, 0.15) is 0 Å². The second kappa shape index (κ2) is 4.44. The fourth-order valence-corrected chi connectivity index (χ4v) is 3.74. The van der Waals surface area contributed by atoms with Gasteiger partial charge in [0, 0.05) is 17.8 Å². The van der Waals surface area contributed by atoms with Gasteiger partial charge < -0.3 is 5.32 Å². The Labute approximate surface area is 92.4 Å². The van der Waals surface area contributed by atoms with Gasteiger partial charge in [0.25, 0.3) is 0 Å². The van der Waals surface area contributed by atoms with Crippen LogP contribution >= 0.6 is 11.8 Å². The Morgan fingerprint density at radius 1 is 1.29 bits per heavy atom. The molecule has 2 aliphatic rings. The fourth-order valence-electron chi connectivity index (χ4n) is 2.49. The highest BCUT2D eigenvalue weighted by atomic mass is 32.2. The van der Waals surface area contributed by atoms with Crippen molar-refractivity contribution in [3.05, 3.63) is 0 Å². The molecule has 0 bridgehead atoms. The highest BCUT2D eigenvalue weighted by Gasteiger charge is 2.38. The van der Waals surface area contributed by atoms with E-state index in [9.17, 15) is 0 Å². The van der Waals surface area contributed by atoms with Crippen LogP contribution in [0.2, 0.25) is 0 Å². The van der Waals surface area contributed by atoms with Crippen molar-refractivity contribution in [2.24, 2.45) is 5.41 Å². The van der Waals surface area contributed by atoms with Crippen molar-refractivity contribution in [1.29, 1.82) is 0 Å². The lowest BCUT2D eigenvalue weighted by molar-refractivity contribution is 0.109. The predicted octanol–water partition coefficient (Wildman–Crippen LogP) is 3.05. The minimum Gasteiger partial charge on any atom is -0.312 e. The topological polar surface area (TPSA) is 12.0 Å². The van der Waals surface area contributed by atoms with Crippen LogP contribution in [-0.4, -0.2) is 23.6 Å². The van der Waals surface area contributed by atoms with Crippen LogP contribution < -0.4 is 5.32 Å². The highest BCUT2D eigenvalue weighted by molar-refractivity contribution is 7.99. The molecule has 1 aliphatic heterocycles. The molecule has 2 heteroatoms. The minimum absolute atomic E-state index is 0.569. The Morgan fingerprint density at radius 3 is 2.64 bits per heavy atom. The Balaban J connectivity index is 1.66. The van der Waals surface area contributed by atoms with E-state index >= 15 is 0 Å². The Morgan fingerprint density at radius 2 is 2.14 bits per heavy atom. The maximum Gasteiger partial charge on any atom is 0.0172 e. The Bertz CT molecular complexity index is 185. The van der Waals surface area contributed by atoms with Crippen LogP contribution in [-0.2, 0) is 0 Å². The first-order valence-corrected chi connectivity index (χ1v) is 7.08. The third-order valence-electron chi connectivity index (χ3n) is 3.89. The lowest BCUT2D eigenvalue weighted by atomic mass is 9.67. The summed E-state index contributed by atoms with van der Waals surface area (Å²) in [6.07, 6.45) is 7.13. The molecule has 14 heavy (non-hydrogen) atoms. The van der Waals surface area contributed by atoms with Crippen molar-refractivity contribution >= 4 is 11.8 Å². The van der Waals surface area contributed by atoms with E-state index < -0.39 is 0 Å². The quantitative estimate of drug-likeness (QED) is 0.773. The average molecular weight is 213 g/mol. The van der Waals surface area contributed by atoms with E-state index in [-0.39, 0.29) is 0 Å². The second-order valence-electron chi connectivity index (χ2n) is 5.48. The molecule has 0 spiro atoms. The van der Waals surface area contributed by atoms with Crippen LogP contribution in [0.15, 0.2) is 0 Å². The molecule has 82 valence electrons. The molecule has 1 heterocycles. The van der Waals surface area contributed by atoms with Gasteiger partial charge in [-0.1, -0.05) is 20.3 Å². The maximum atomic E-state index is 3.76. The molecule has 0 radical (unpaired) electrons. The molecule has 0 aromatic carbocycles. The third kappa shape index (κ3) is 2.46. The zero-order valence-corrected chi connectivity index (χ0v) is 10.3. The standard InChI is InChI=1S/C12H23NS/c1-12(2)7-6-11(12)13-9-10-5-3-4-8-14-10/h10-11,13H,3-9H2,1-2H3. The number of thioether (sulfide) groups is 1. The van der Waals surface area contributed by atoms with Crippen LogP contribution in [0.3, 0.4) is 0 Å². The summed E-state index contributed by atoms with van der Waals surface area (Å²) in [7, 11) is 0. The van der Waals surface area contributed by atoms with Crippen LogP contribution in [0.5, 0.6) is 0 Å². The van der Waals surface area contributed by atoms with Gasteiger partial charge >= 0.3 is 0 Å². The van der Waals surface area contributed by atoms with Crippen molar-refractivity contribution < 1.29 is 0 Å². The fraction of sp³-hybridized carbons (Fsp3) is 1.00. The average Bonchev–Trinajstić information content (AvgIpc) is 2.18.